The van der Waals surface area contributed by atoms with E-state index in [2.05, 4.69) is 18.1 Å². The standard InChI is InChI=1S/C24H33N4O16P3/c1-13(2)23(16-5-4-15(39-3)8-18(16)28(30)31)40-11-14-10-27(24-22(14)17(25)6-7-26-24)21-9-19(29)20(42-21)12-41-46(35,36)44-47(37,38)43-45(32,33)34/h4-8,10,13,19-21,23,29H,9,11-12H2,1-3H3,(H2,25,26)(H,35,36)(H,37,38)(H2,32,33,34)/t19-,20-,21-,23-/m1/s1. The molecule has 1 aliphatic rings. The number of hydrogen-bond donors (Lipinski definition) is 6. The molecule has 3 aromatic rings. The van der Waals surface area contributed by atoms with Crippen LogP contribution in [0, 0.1) is 16.0 Å². The van der Waals surface area contributed by atoms with Crippen molar-refractivity contribution in [3.63, 3.8) is 0 Å². The minimum atomic E-state index is -5.73. The van der Waals surface area contributed by atoms with Crippen molar-refractivity contribution in [1.82, 2.24) is 9.55 Å². The van der Waals surface area contributed by atoms with Crippen LogP contribution in [-0.4, -0.2) is 65.1 Å². The lowest BCUT2D eigenvalue weighted by Crippen LogP contribution is -2.26. The van der Waals surface area contributed by atoms with E-state index in [-0.39, 0.29) is 24.6 Å². The van der Waals surface area contributed by atoms with Gasteiger partial charge in [0.1, 0.15) is 23.7 Å². The van der Waals surface area contributed by atoms with Crippen LogP contribution in [0.5, 0.6) is 5.75 Å². The number of nitrogens with two attached hydrogens (primary N) is 1. The van der Waals surface area contributed by atoms with Crippen LogP contribution in [-0.2, 0) is 42.9 Å². The molecule has 3 heterocycles. The van der Waals surface area contributed by atoms with Crippen LogP contribution < -0.4 is 10.5 Å². The number of fused-ring (bicyclic) bond motifs is 1. The van der Waals surface area contributed by atoms with Crippen LogP contribution >= 0.6 is 23.5 Å². The highest BCUT2D eigenvalue weighted by atomic mass is 31.3. The first kappa shape index (κ1) is 37.0. The normalized spacial score (nSPS) is 21.9. The Morgan fingerprint density at radius 2 is 1.85 bits per heavy atom. The number of aliphatic hydroxyl groups is 1. The molecule has 2 unspecified atom stereocenters. The number of pyridine rings is 1. The van der Waals surface area contributed by atoms with Gasteiger partial charge in [0.05, 0.1) is 49.1 Å². The molecule has 1 fully saturated rings. The second-order valence-corrected chi connectivity index (χ2v) is 15.1. The summed E-state index contributed by atoms with van der Waals surface area (Å²) in [6, 6.07) is 6.03. The lowest BCUT2D eigenvalue weighted by Gasteiger charge is -2.22. The highest BCUT2D eigenvalue weighted by Crippen LogP contribution is 2.66. The van der Waals surface area contributed by atoms with Gasteiger partial charge in [0.15, 0.2) is 0 Å². The number of benzene rings is 1. The minimum absolute atomic E-state index is 0.0732. The van der Waals surface area contributed by atoms with Crippen molar-refractivity contribution >= 4 is 45.9 Å². The summed E-state index contributed by atoms with van der Waals surface area (Å²) in [5.74, 6) is 0.110. The molecule has 0 spiro atoms. The molecule has 20 nitrogen and oxygen atoms in total. The molecular formula is C24H33N4O16P3. The van der Waals surface area contributed by atoms with Crippen molar-refractivity contribution in [1.29, 1.82) is 0 Å². The Balaban J connectivity index is 1.54. The van der Waals surface area contributed by atoms with Gasteiger partial charge in [0, 0.05) is 35.5 Å². The Labute approximate surface area is 266 Å². The van der Waals surface area contributed by atoms with Crippen molar-refractivity contribution in [3.05, 3.63) is 57.9 Å². The van der Waals surface area contributed by atoms with Crippen molar-refractivity contribution < 1.29 is 70.7 Å². The van der Waals surface area contributed by atoms with Gasteiger partial charge in [0.25, 0.3) is 5.69 Å². The Bertz CT molecular complexity index is 1760. The molecule has 6 atom stereocenters. The zero-order valence-electron chi connectivity index (χ0n) is 25.0. The molecule has 1 aliphatic heterocycles. The minimum Gasteiger partial charge on any atom is -0.497 e. The van der Waals surface area contributed by atoms with Crippen LogP contribution in [0.2, 0.25) is 0 Å². The molecule has 0 bridgehead atoms. The smallest absolute Gasteiger partial charge is 0.490 e. The number of nitrogens with zero attached hydrogens (tertiary/aromatic N) is 3. The summed E-state index contributed by atoms with van der Waals surface area (Å²) >= 11 is 0. The average Bonchev–Trinajstić information content (AvgIpc) is 3.50. The molecule has 7 N–H and O–H groups in total. The summed E-state index contributed by atoms with van der Waals surface area (Å²) in [5, 5.41) is 22.9. The topological polar surface area (TPSA) is 295 Å². The maximum Gasteiger partial charge on any atom is 0.490 e. The number of phosphoric ester groups is 1. The number of aliphatic hydroxyl groups excluding tert-OH is 1. The van der Waals surface area contributed by atoms with Gasteiger partial charge in [-0.2, -0.15) is 8.62 Å². The average molecular weight is 726 g/mol. The predicted octanol–water partition coefficient (Wildman–Crippen LogP) is 3.44. The van der Waals surface area contributed by atoms with E-state index in [1.54, 1.807) is 29.0 Å². The number of ether oxygens (including phenoxy) is 3. The molecule has 2 aromatic heterocycles. The molecule has 260 valence electrons. The molecule has 4 rings (SSSR count). The number of nitro benzene ring substituents is 1. The summed E-state index contributed by atoms with van der Waals surface area (Å²) in [5.41, 5.74) is 7.62. The third-order valence-corrected chi connectivity index (χ3v) is 10.7. The predicted molar refractivity (Wildman–Crippen MR) is 161 cm³/mol. The van der Waals surface area contributed by atoms with E-state index in [0.29, 0.717) is 33.6 Å². The lowest BCUT2D eigenvalue weighted by atomic mass is 9.97. The Hall–Kier alpha value is -2.80. The molecule has 23 heteroatoms. The van der Waals surface area contributed by atoms with Crippen molar-refractivity contribution in [2.45, 2.75) is 51.4 Å². The SMILES string of the molecule is COc1ccc([C@H](OCc2cn([C@H]3C[C@@H](O)[C@@H](COP(=O)(O)OP(=O)(O)OP(=O)(O)O)O3)c3nccc(N)c23)C(C)C)c([N+](=O)[O-])c1. The molecule has 0 radical (unpaired) electrons. The fourth-order valence-corrected chi connectivity index (χ4v) is 8.02. The Morgan fingerprint density at radius 3 is 2.47 bits per heavy atom. The van der Waals surface area contributed by atoms with E-state index in [0.717, 1.165) is 0 Å². The number of nitro groups is 1. The number of anilines is 1. The summed E-state index contributed by atoms with van der Waals surface area (Å²) in [6.45, 7) is 2.75. The molecule has 47 heavy (non-hydrogen) atoms. The van der Waals surface area contributed by atoms with Crippen LogP contribution in [0.4, 0.5) is 11.4 Å². The third-order valence-electron chi connectivity index (χ3n) is 6.92. The molecule has 0 aliphatic carbocycles. The molecular weight excluding hydrogens is 693 g/mol. The van der Waals surface area contributed by atoms with Gasteiger partial charge in [-0.1, -0.05) is 13.8 Å². The highest BCUT2D eigenvalue weighted by Gasteiger charge is 2.43. The fraction of sp³-hybridized carbons (Fsp3) is 0.458. The third kappa shape index (κ3) is 9.22. The van der Waals surface area contributed by atoms with E-state index < -0.39 is 59.5 Å². The van der Waals surface area contributed by atoms with Gasteiger partial charge >= 0.3 is 23.5 Å². The van der Waals surface area contributed by atoms with E-state index >= 15 is 0 Å². The summed E-state index contributed by atoms with van der Waals surface area (Å²) in [7, 11) is -15.4. The van der Waals surface area contributed by atoms with Gasteiger partial charge in [-0.05, 0) is 24.1 Å². The molecule has 0 amide bonds. The van der Waals surface area contributed by atoms with Gasteiger partial charge in [-0.15, -0.1) is 0 Å². The molecule has 0 saturated carbocycles. The first-order chi connectivity index (χ1) is 21.8. The van der Waals surface area contributed by atoms with Crippen LogP contribution in [0.25, 0.3) is 11.0 Å². The highest BCUT2D eigenvalue weighted by molar-refractivity contribution is 7.66. The quantitative estimate of drug-likeness (QED) is 0.0742. The first-order valence-electron chi connectivity index (χ1n) is 13.6. The molecule has 1 saturated heterocycles. The molecule has 1 aromatic carbocycles. The number of rotatable bonds is 15. The first-order valence-corrected chi connectivity index (χ1v) is 18.1. The maximum atomic E-state index is 12.1. The van der Waals surface area contributed by atoms with E-state index in [4.69, 9.17) is 29.7 Å². The van der Waals surface area contributed by atoms with Gasteiger partial charge in [0.2, 0.25) is 0 Å². The maximum absolute atomic E-state index is 12.1. The van der Waals surface area contributed by atoms with E-state index in [9.17, 15) is 38.7 Å². The van der Waals surface area contributed by atoms with Crippen LogP contribution in [0.1, 0.15) is 43.7 Å². The summed E-state index contributed by atoms with van der Waals surface area (Å²) < 4.78 is 65.3. The number of hydrogen-bond acceptors (Lipinski definition) is 14. The van der Waals surface area contributed by atoms with Crippen molar-refractivity contribution in [2.75, 3.05) is 19.5 Å². The lowest BCUT2D eigenvalue weighted by molar-refractivity contribution is -0.386. The Morgan fingerprint density at radius 1 is 1.15 bits per heavy atom. The zero-order valence-corrected chi connectivity index (χ0v) is 27.6. The summed E-state index contributed by atoms with van der Waals surface area (Å²) in [4.78, 5) is 52.2. The second kappa shape index (κ2) is 14.4. The largest absolute Gasteiger partial charge is 0.497 e. The monoisotopic (exact) mass is 726 g/mol. The van der Waals surface area contributed by atoms with Gasteiger partial charge in [-0.25, -0.2) is 18.7 Å². The fourth-order valence-electron chi connectivity index (χ4n) is 4.99. The van der Waals surface area contributed by atoms with E-state index in [1.165, 1.54) is 19.4 Å². The second-order valence-electron chi connectivity index (χ2n) is 10.6. The van der Waals surface area contributed by atoms with E-state index in [1.807, 2.05) is 13.8 Å². The van der Waals surface area contributed by atoms with Crippen LogP contribution in [0.3, 0.4) is 0 Å². The van der Waals surface area contributed by atoms with Gasteiger partial charge < -0.3 is 49.2 Å². The number of phosphoric acid groups is 3. The van der Waals surface area contributed by atoms with Crippen molar-refractivity contribution in [2.24, 2.45) is 5.92 Å². The van der Waals surface area contributed by atoms with Crippen molar-refractivity contribution in [3.8, 4) is 5.75 Å². The Kier molecular flexibility index (Phi) is 11.3. The number of methoxy groups -OCH3 is 1. The van der Waals surface area contributed by atoms with Gasteiger partial charge in [-0.3, -0.25) is 14.6 Å². The van der Waals surface area contributed by atoms with Crippen LogP contribution in [0.15, 0.2) is 36.7 Å². The number of aromatic nitrogens is 2. The zero-order chi connectivity index (χ0) is 34.9. The number of nitrogen functional groups attached to an aromatic ring is 1. The summed E-state index contributed by atoms with van der Waals surface area (Å²) in [6.07, 6.45) is -1.28.